The quantitative estimate of drug-likeness (QED) is 0.659. The fourth-order valence-corrected chi connectivity index (χ4v) is 2.47. The molecule has 0 saturated heterocycles. The Bertz CT molecular complexity index is 374. The Morgan fingerprint density at radius 3 is 2.62 bits per heavy atom. The van der Waals surface area contributed by atoms with E-state index < -0.39 is 0 Å². The van der Waals surface area contributed by atoms with Gasteiger partial charge in [-0.3, -0.25) is 0 Å². The van der Waals surface area contributed by atoms with Crippen LogP contribution < -0.4 is 5.73 Å². The average molecular weight is 217 g/mol. The minimum Gasteiger partial charge on any atom is -0.324 e. The fraction of sp³-hybridized carbons (Fsp3) is 0.600. The van der Waals surface area contributed by atoms with E-state index in [0.717, 1.165) is 6.42 Å². The van der Waals surface area contributed by atoms with Gasteiger partial charge < -0.3 is 5.73 Å². The van der Waals surface area contributed by atoms with Gasteiger partial charge in [0.1, 0.15) is 0 Å². The zero-order chi connectivity index (χ0) is 11.8. The molecule has 1 atom stereocenters. The maximum Gasteiger partial charge on any atom is 0.0297 e. The highest BCUT2D eigenvalue weighted by atomic mass is 14.6. The van der Waals surface area contributed by atoms with Crippen molar-refractivity contribution in [2.75, 3.05) is 0 Å². The third kappa shape index (κ3) is 2.30. The summed E-state index contributed by atoms with van der Waals surface area (Å²) in [7, 11) is 0. The van der Waals surface area contributed by atoms with Gasteiger partial charge in [0, 0.05) is 6.04 Å². The number of nitrogens with two attached hydrogens (primary N) is 1. The lowest BCUT2D eigenvalue weighted by atomic mass is 9.84. The molecule has 1 aliphatic rings. The first-order chi connectivity index (χ1) is 7.48. The summed E-state index contributed by atoms with van der Waals surface area (Å²) >= 11 is 0. The lowest BCUT2D eigenvalue weighted by Gasteiger charge is -2.22. The molecule has 0 aromatic heterocycles. The number of aryl methyl sites for hydroxylation is 1. The highest BCUT2D eigenvalue weighted by molar-refractivity contribution is 5.37. The van der Waals surface area contributed by atoms with Crippen molar-refractivity contribution in [3.63, 3.8) is 0 Å². The molecule has 1 nitrogen and oxygen atoms in total. The molecule has 1 aromatic carbocycles. The molecule has 0 radical (unpaired) electrons. The molecule has 88 valence electrons. The van der Waals surface area contributed by atoms with Crippen molar-refractivity contribution < 1.29 is 0 Å². The van der Waals surface area contributed by atoms with Gasteiger partial charge in [0.05, 0.1) is 0 Å². The molecular formula is C15H23N. The normalized spacial score (nSPS) is 21.4. The standard InChI is InChI=1S/C15H23N/c1-15(2,3)12-9-8-11-6-4-5-7-14(16)13(11)10-12/h8-10,14H,4-7,16H2,1-3H3/t14-/m0/s1. The lowest BCUT2D eigenvalue weighted by molar-refractivity contribution is 0.583. The van der Waals surface area contributed by atoms with Crippen LogP contribution >= 0.6 is 0 Å². The van der Waals surface area contributed by atoms with Crippen LogP contribution in [0.4, 0.5) is 0 Å². The Balaban J connectivity index is 2.43. The topological polar surface area (TPSA) is 26.0 Å². The number of fused-ring (bicyclic) bond motifs is 1. The van der Waals surface area contributed by atoms with Crippen molar-refractivity contribution in [2.24, 2.45) is 5.73 Å². The van der Waals surface area contributed by atoms with Gasteiger partial charge in [-0.1, -0.05) is 45.4 Å². The minimum absolute atomic E-state index is 0.223. The van der Waals surface area contributed by atoms with Crippen LogP contribution in [0.5, 0.6) is 0 Å². The molecule has 16 heavy (non-hydrogen) atoms. The van der Waals surface area contributed by atoms with Crippen LogP contribution in [0.1, 0.15) is 62.8 Å². The van der Waals surface area contributed by atoms with Gasteiger partial charge in [0.2, 0.25) is 0 Å². The summed E-state index contributed by atoms with van der Waals surface area (Å²) in [6.07, 6.45) is 4.89. The summed E-state index contributed by atoms with van der Waals surface area (Å²) in [5.41, 5.74) is 10.8. The van der Waals surface area contributed by atoms with Crippen LogP contribution in [0.25, 0.3) is 0 Å². The molecule has 1 heteroatoms. The van der Waals surface area contributed by atoms with Gasteiger partial charge in [0.15, 0.2) is 0 Å². The van der Waals surface area contributed by atoms with Gasteiger partial charge >= 0.3 is 0 Å². The summed E-state index contributed by atoms with van der Waals surface area (Å²) < 4.78 is 0. The van der Waals surface area contributed by atoms with Crippen molar-refractivity contribution in [2.45, 2.75) is 57.9 Å². The molecule has 0 fully saturated rings. The monoisotopic (exact) mass is 217 g/mol. The fourth-order valence-electron chi connectivity index (χ4n) is 2.47. The van der Waals surface area contributed by atoms with Crippen LogP contribution in [0, 0.1) is 0 Å². The van der Waals surface area contributed by atoms with E-state index in [1.165, 1.54) is 36.0 Å². The first kappa shape index (κ1) is 11.7. The Morgan fingerprint density at radius 2 is 1.94 bits per heavy atom. The summed E-state index contributed by atoms with van der Waals surface area (Å²) in [5.74, 6) is 0. The molecule has 2 rings (SSSR count). The van der Waals surface area contributed by atoms with Crippen molar-refractivity contribution in [1.29, 1.82) is 0 Å². The van der Waals surface area contributed by atoms with Crippen molar-refractivity contribution in [1.82, 2.24) is 0 Å². The number of hydrogen-bond donors (Lipinski definition) is 1. The first-order valence-corrected chi connectivity index (χ1v) is 6.37. The maximum absolute atomic E-state index is 6.26. The molecule has 1 aromatic rings. The Labute approximate surface area is 99.0 Å². The lowest BCUT2D eigenvalue weighted by Crippen LogP contribution is -2.15. The van der Waals surface area contributed by atoms with Gasteiger partial charge in [-0.15, -0.1) is 0 Å². The Kier molecular flexibility index (Phi) is 3.07. The predicted octanol–water partition coefficient (Wildman–Crippen LogP) is 3.71. The zero-order valence-electron chi connectivity index (χ0n) is 10.7. The van der Waals surface area contributed by atoms with Gasteiger partial charge in [-0.05, 0) is 41.4 Å². The molecule has 0 amide bonds. The Hall–Kier alpha value is -0.820. The van der Waals surface area contributed by atoms with E-state index in [-0.39, 0.29) is 11.5 Å². The van der Waals surface area contributed by atoms with Crippen LogP contribution in [0.15, 0.2) is 18.2 Å². The molecular weight excluding hydrogens is 194 g/mol. The van der Waals surface area contributed by atoms with E-state index in [4.69, 9.17) is 5.73 Å². The smallest absolute Gasteiger partial charge is 0.0297 e. The summed E-state index contributed by atoms with van der Waals surface area (Å²) in [6.45, 7) is 6.78. The largest absolute Gasteiger partial charge is 0.324 e. The van der Waals surface area contributed by atoms with Crippen LogP contribution in [-0.4, -0.2) is 0 Å². The summed E-state index contributed by atoms with van der Waals surface area (Å²) in [5, 5.41) is 0. The van der Waals surface area contributed by atoms with E-state index in [1.54, 1.807) is 0 Å². The minimum atomic E-state index is 0.223. The van der Waals surface area contributed by atoms with Crippen molar-refractivity contribution >= 4 is 0 Å². The molecule has 0 saturated carbocycles. The summed E-state index contributed by atoms with van der Waals surface area (Å²) in [6, 6.07) is 7.16. The second-order valence-electron chi connectivity index (χ2n) is 6.02. The second kappa shape index (κ2) is 4.21. The Morgan fingerprint density at radius 1 is 1.19 bits per heavy atom. The van der Waals surface area contributed by atoms with Crippen molar-refractivity contribution in [3.05, 3.63) is 34.9 Å². The molecule has 0 unspecified atom stereocenters. The molecule has 1 aliphatic carbocycles. The van der Waals surface area contributed by atoms with Gasteiger partial charge in [-0.25, -0.2) is 0 Å². The molecule has 0 heterocycles. The third-order valence-corrected chi connectivity index (χ3v) is 3.62. The van der Waals surface area contributed by atoms with E-state index >= 15 is 0 Å². The third-order valence-electron chi connectivity index (χ3n) is 3.62. The molecule has 0 aliphatic heterocycles. The van der Waals surface area contributed by atoms with Crippen LogP contribution in [-0.2, 0) is 11.8 Å². The van der Waals surface area contributed by atoms with Crippen molar-refractivity contribution in [3.8, 4) is 0 Å². The highest BCUT2D eigenvalue weighted by Crippen LogP contribution is 2.31. The number of benzene rings is 1. The number of rotatable bonds is 0. The SMILES string of the molecule is CC(C)(C)c1ccc2c(c1)[C@@H](N)CCCC2. The second-order valence-corrected chi connectivity index (χ2v) is 6.02. The van der Waals surface area contributed by atoms with E-state index in [0.29, 0.717) is 0 Å². The molecule has 0 spiro atoms. The number of hydrogen-bond acceptors (Lipinski definition) is 1. The van der Waals surface area contributed by atoms with E-state index in [9.17, 15) is 0 Å². The van der Waals surface area contributed by atoms with E-state index in [1.807, 2.05) is 0 Å². The zero-order valence-corrected chi connectivity index (χ0v) is 10.7. The molecule has 2 N–H and O–H groups in total. The van der Waals surface area contributed by atoms with Crippen LogP contribution in [0.3, 0.4) is 0 Å². The average Bonchev–Trinajstić information content (AvgIpc) is 2.39. The van der Waals surface area contributed by atoms with Crippen LogP contribution in [0.2, 0.25) is 0 Å². The van der Waals surface area contributed by atoms with Gasteiger partial charge in [0.25, 0.3) is 0 Å². The summed E-state index contributed by atoms with van der Waals surface area (Å²) in [4.78, 5) is 0. The van der Waals surface area contributed by atoms with E-state index in [2.05, 4.69) is 39.0 Å². The van der Waals surface area contributed by atoms with Gasteiger partial charge in [-0.2, -0.15) is 0 Å². The predicted molar refractivity (Wildman–Crippen MR) is 69.6 cm³/mol. The first-order valence-electron chi connectivity index (χ1n) is 6.37. The highest BCUT2D eigenvalue weighted by Gasteiger charge is 2.19. The maximum atomic E-state index is 6.26. The molecule has 0 bridgehead atoms.